The summed E-state index contributed by atoms with van der Waals surface area (Å²) in [5.41, 5.74) is 0. The Morgan fingerprint density at radius 3 is 2.72 bits per heavy atom. The second-order valence-electron chi connectivity index (χ2n) is 6.21. The van der Waals surface area contributed by atoms with Gasteiger partial charge in [0.05, 0.1) is 12.7 Å². The van der Waals surface area contributed by atoms with Crippen LogP contribution in [-0.4, -0.2) is 49.3 Å². The molecule has 0 aromatic heterocycles. The van der Waals surface area contributed by atoms with E-state index in [4.69, 9.17) is 4.74 Å². The van der Waals surface area contributed by atoms with Crippen LogP contribution in [-0.2, 0) is 4.74 Å². The van der Waals surface area contributed by atoms with Crippen LogP contribution in [0, 0.1) is 5.92 Å². The van der Waals surface area contributed by atoms with Crippen LogP contribution in [0.3, 0.4) is 0 Å². The Hall–Kier alpha value is -0.120. The number of hydrogen-bond donors (Lipinski definition) is 1. The first-order chi connectivity index (χ1) is 8.70. The molecule has 106 valence electrons. The average Bonchev–Trinajstić information content (AvgIpc) is 3.13. The fraction of sp³-hybridized carbons (Fsp3) is 1.00. The Balaban J connectivity index is 1.79. The zero-order valence-electron chi connectivity index (χ0n) is 12.3. The molecule has 2 rings (SSSR count). The van der Waals surface area contributed by atoms with E-state index in [1.54, 1.807) is 0 Å². The van der Waals surface area contributed by atoms with Gasteiger partial charge in [0, 0.05) is 31.7 Å². The maximum absolute atomic E-state index is 5.73. The van der Waals surface area contributed by atoms with Crippen molar-refractivity contribution >= 4 is 0 Å². The van der Waals surface area contributed by atoms with E-state index in [1.165, 1.54) is 38.8 Å². The van der Waals surface area contributed by atoms with Gasteiger partial charge in [-0.15, -0.1) is 0 Å². The van der Waals surface area contributed by atoms with Crippen molar-refractivity contribution in [3.05, 3.63) is 0 Å². The van der Waals surface area contributed by atoms with Crippen LogP contribution in [0.4, 0.5) is 0 Å². The summed E-state index contributed by atoms with van der Waals surface area (Å²) < 4.78 is 5.73. The third-order valence-electron chi connectivity index (χ3n) is 4.17. The normalized spacial score (nSPS) is 30.0. The summed E-state index contributed by atoms with van der Waals surface area (Å²) in [6.45, 7) is 10.9. The van der Waals surface area contributed by atoms with Crippen molar-refractivity contribution < 1.29 is 4.74 Å². The van der Waals surface area contributed by atoms with Crippen LogP contribution >= 0.6 is 0 Å². The summed E-state index contributed by atoms with van der Waals surface area (Å²) in [5.74, 6) is 0.958. The first-order valence-corrected chi connectivity index (χ1v) is 7.79. The van der Waals surface area contributed by atoms with Gasteiger partial charge in [0.15, 0.2) is 0 Å². The maximum atomic E-state index is 5.73. The van der Waals surface area contributed by atoms with Crippen molar-refractivity contribution in [2.45, 2.75) is 64.6 Å². The van der Waals surface area contributed by atoms with Crippen LogP contribution in [0.1, 0.15) is 46.5 Å². The lowest BCUT2D eigenvalue weighted by molar-refractivity contribution is 0.0315. The minimum atomic E-state index is 0.360. The fourth-order valence-corrected chi connectivity index (χ4v) is 3.05. The summed E-state index contributed by atoms with van der Waals surface area (Å²) >= 11 is 0. The highest BCUT2D eigenvalue weighted by atomic mass is 16.5. The van der Waals surface area contributed by atoms with Gasteiger partial charge in [-0.1, -0.05) is 13.3 Å². The number of rotatable bonds is 7. The summed E-state index contributed by atoms with van der Waals surface area (Å²) in [6.07, 6.45) is 5.82. The van der Waals surface area contributed by atoms with Crippen molar-refractivity contribution in [3.8, 4) is 0 Å². The molecule has 0 aromatic carbocycles. The molecule has 1 N–H and O–H groups in total. The molecule has 0 bridgehead atoms. The predicted octanol–water partition coefficient (Wildman–Crippen LogP) is 2.26. The molecule has 3 heteroatoms. The molecule has 2 fully saturated rings. The minimum Gasteiger partial charge on any atom is -0.377 e. The largest absolute Gasteiger partial charge is 0.377 e. The third-order valence-corrected chi connectivity index (χ3v) is 4.17. The van der Waals surface area contributed by atoms with Crippen molar-refractivity contribution in [1.29, 1.82) is 0 Å². The van der Waals surface area contributed by atoms with Gasteiger partial charge in [-0.3, -0.25) is 4.90 Å². The summed E-state index contributed by atoms with van der Waals surface area (Å²) in [6, 6.07) is 1.47. The number of nitrogens with one attached hydrogen (secondary N) is 1. The van der Waals surface area contributed by atoms with Crippen molar-refractivity contribution in [2.75, 3.05) is 26.2 Å². The van der Waals surface area contributed by atoms with Gasteiger partial charge in [0.25, 0.3) is 0 Å². The molecule has 1 saturated carbocycles. The van der Waals surface area contributed by atoms with Gasteiger partial charge < -0.3 is 10.1 Å². The quantitative estimate of drug-likeness (QED) is 0.754. The molecule has 2 atom stereocenters. The predicted molar refractivity (Wildman–Crippen MR) is 75.9 cm³/mol. The average molecular weight is 254 g/mol. The molecule has 2 unspecified atom stereocenters. The Morgan fingerprint density at radius 1 is 1.33 bits per heavy atom. The van der Waals surface area contributed by atoms with Gasteiger partial charge in [0.1, 0.15) is 0 Å². The molecule has 1 heterocycles. The molecule has 2 aliphatic rings. The first-order valence-electron chi connectivity index (χ1n) is 7.79. The van der Waals surface area contributed by atoms with Crippen LogP contribution in [0.5, 0.6) is 0 Å². The summed E-state index contributed by atoms with van der Waals surface area (Å²) in [5, 5.41) is 3.74. The van der Waals surface area contributed by atoms with E-state index in [-0.39, 0.29) is 0 Å². The van der Waals surface area contributed by atoms with Crippen molar-refractivity contribution in [2.24, 2.45) is 5.92 Å². The zero-order chi connectivity index (χ0) is 13.0. The van der Waals surface area contributed by atoms with Crippen LogP contribution in [0.25, 0.3) is 0 Å². The summed E-state index contributed by atoms with van der Waals surface area (Å²) in [4.78, 5) is 2.69. The highest BCUT2D eigenvalue weighted by molar-refractivity contribution is 4.94. The third kappa shape index (κ3) is 4.22. The summed E-state index contributed by atoms with van der Waals surface area (Å²) in [7, 11) is 0. The lowest BCUT2D eigenvalue weighted by Gasteiger charge is -2.41. The molecule has 0 spiro atoms. The molecule has 1 aliphatic heterocycles. The highest BCUT2D eigenvalue weighted by Gasteiger charge is 2.38. The lowest BCUT2D eigenvalue weighted by atomic mass is 10.0. The first kappa shape index (κ1) is 14.3. The minimum absolute atomic E-state index is 0.360. The number of nitrogens with zero attached hydrogens (tertiary/aromatic N) is 1. The van der Waals surface area contributed by atoms with E-state index in [9.17, 15) is 0 Å². The smallest absolute Gasteiger partial charge is 0.0597 e. The molecule has 3 nitrogen and oxygen atoms in total. The Kier molecular flexibility index (Phi) is 5.46. The standard InChI is InChI=1S/C15H30N2O/c1-4-5-14-11-17(8-9-18-12(2)3)15(10-16-14)13-6-7-13/h12-16H,4-11H2,1-3H3. The van der Waals surface area contributed by atoms with Gasteiger partial charge in [0.2, 0.25) is 0 Å². The highest BCUT2D eigenvalue weighted by Crippen LogP contribution is 2.36. The zero-order valence-corrected chi connectivity index (χ0v) is 12.3. The van der Waals surface area contributed by atoms with E-state index >= 15 is 0 Å². The van der Waals surface area contributed by atoms with E-state index in [0.29, 0.717) is 12.1 Å². The lowest BCUT2D eigenvalue weighted by Crippen LogP contribution is -2.57. The van der Waals surface area contributed by atoms with Crippen LogP contribution in [0.2, 0.25) is 0 Å². The number of piperazine rings is 1. The molecule has 0 radical (unpaired) electrons. The van der Waals surface area contributed by atoms with Gasteiger partial charge in [-0.25, -0.2) is 0 Å². The second-order valence-corrected chi connectivity index (χ2v) is 6.21. The molecular formula is C15H30N2O. The van der Waals surface area contributed by atoms with Crippen molar-refractivity contribution in [3.63, 3.8) is 0 Å². The Morgan fingerprint density at radius 2 is 2.11 bits per heavy atom. The number of hydrogen-bond acceptors (Lipinski definition) is 3. The second kappa shape index (κ2) is 6.88. The van der Waals surface area contributed by atoms with Crippen LogP contribution < -0.4 is 5.32 Å². The topological polar surface area (TPSA) is 24.5 Å². The van der Waals surface area contributed by atoms with E-state index in [2.05, 4.69) is 31.0 Å². The molecule has 18 heavy (non-hydrogen) atoms. The van der Waals surface area contributed by atoms with E-state index in [0.717, 1.165) is 25.1 Å². The van der Waals surface area contributed by atoms with E-state index in [1.807, 2.05) is 0 Å². The molecule has 0 amide bonds. The monoisotopic (exact) mass is 254 g/mol. The van der Waals surface area contributed by atoms with Crippen molar-refractivity contribution in [1.82, 2.24) is 10.2 Å². The Labute approximate surface area is 112 Å². The fourth-order valence-electron chi connectivity index (χ4n) is 3.05. The van der Waals surface area contributed by atoms with Gasteiger partial charge in [-0.2, -0.15) is 0 Å². The molecule has 1 saturated heterocycles. The molecule has 0 aromatic rings. The SMILES string of the molecule is CCCC1CN(CCOC(C)C)C(C2CC2)CN1. The Bertz CT molecular complexity index is 241. The maximum Gasteiger partial charge on any atom is 0.0597 e. The molecular weight excluding hydrogens is 224 g/mol. The van der Waals surface area contributed by atoms with Crippen LogP contribution in [0.15, 0.2) is 0 Å². The number of ether oxygens (including phenoxy) is 1. The molecule has 1 aliphatic carbocycles. The van der Waals surface area contributed by atoms with Gasteiger partial charge >= 0.3 is 0 Å². The van der Waals surface area contributed by atoms with E-state index < -0.39 is 0 Å². The van der Waals surface area contributed by atoms with Gasteiger partial charge in [-0.05, 0) is 39.0 Å².